The minimum atomic E-state index is -1.03. The second-order valence-corrected chi connectivity index (χ2v) is 8.53. The van der Waals surface area contributed by atoms with Crippen molar-refractivity contribution in [1.82, 2.24) is 4.98 Å². The molecule has 0 radical (unpaired) electrons. The van der Waals surface area contributed by atoms with Gasteiger partial charge in [0.15, 0.2) is 5.13 Å². The summed E-state index contributed by atoms with van der Waals surface area (Å²) in [7, 11) is 0. The highest BCUT2D eigenvalue weighted by Gasteiger charge is 2.77. The molecule has 1 aromatic carbocycles. The van der Waals surface area contributed by atoms with Gasteiger partial charge in [0.05, 0.1) is 38.8 Å². The van der Waals surface area contributed by atoms with Gasteiger partial charge in [0, 0.05) is 0 Å². The van der Waals surface area contributed by atoms with Crippen LogP contribution in [0.2, 0.25) is 0 Å². The van der Waals surface area contributed by atoms with Crippen LogP contribution in [0.3, 0.4) is 0 Å². The molecule has 2 bridgehead atoms. The smallest absolute Gasteiger partial charge is 0.335 e. The first-order chi connectivity index (χ1) is 12.3. The molecule has 4 heterocycles. The summed E-state index contributed by atoms with van der Waals surface area (Å²) in [6.07, 6.45) is 1.08. The fourth-order valence-corrected chi connectivity index (χ4v) is 5.75. The van der Waals surface area contributed by atoms with E-state index in [0.717, 1.165) is 24.2 Å². The topological polar surface area (TPSA) is 96.8 Å². The van der Waals surface area contributed by atoms with E-state index in [9.17, 15) is 14.4 Å². The number of benzene rings is 1. The third-order valence-electron chi connectivity index (χ3n) is 6.50. The molecule has 2 aromatic rings. The van der Waals surface area contributed by atoms with Gasteiger partial charge in [-0.1, -0.05) is 11.3 Å². The monoisotopic (exact) mass is 372 g/mol. The highest BCUT2D eigenvalue weighted by Crippen LogP contribution is 2.64. The Morgan fingerprint density at radius 3 is 2.42 bits per heavy atom. The number of hydrogen-bond donors (Lipinski definition) is 1. The molecule has 134 valence electrons. The van der Waals surface area contributed by atoms with E-state index in [2.05, 4.69) is 4.98 Å². The summed E-state index contributed by atoms with van der Waals surface area (Å²) >= 11 is 1.16. The molecule has 0 spiro atoms. The Hall–Kier alpha value is -2.32. The molecule has 26 heavy (non-hydrogen) atoms. The van der Waals surface area contributed by atoms with Crippen molar-refractivity contribution in [3.63, 3.8) is 0 Å². The molecule has 1 aromatic heterocycles. The van der Waals surface area contributed by atoms with Gasteiger partial charge in [-0.3, -0.25) is 9.59 Å². The second-order valence-electron chi connectivity index (χ2n) is 7.53. The molecule has 3 saturated heterocycles. The molecule has 3 aliphatic heterocycles. The van der Waals surface area contributed by atoms with Crippen LogP contribution in [0, 0.1) is 10.8 Å². The van der Waals surface area contributed by atoms with Crippen LogP contribution in [-0.2, 0) is 14.3 Å². The Labute approximate surface area is 152 Å². The first-order valence-corrected chi connectivity index (χ1v) is 9.28. The van der Waals surface area contributed by atoms with Crippen LogP contribution in [-0.4, -0.2) is 40.1 Å². The van der Waals surface area contributed by atoms with Gasteiger partial charge >= 0.3 is 5.97 Å². The Morgan fingerprint density at radius 2 is 1.85 bits per heavy atom. The number of thiazole rings is 1. The number of carboxylic acids is 1. The van der Waals surface area contributed by atoms with Crippen molar-refractivity contribution in [2.45, 2.75) is 38.9 Å². The maximum absolute atomic E-state index is 13.3. The van der Waals surface area contributed by atoms with Gasteiger partial charge in [0.25, 0.3) is 0 Å². The lowest BCUT2D eigenvalue weighted by Gasteiger charge is -2.36. The van der Waals surface area contributed by atoms with E-state index in [1.807, 2.05) is 13.8 Å². The van der Waals surface area contributed by atoms with Crippen LogP contribution < -0.4 is 4.90 Å². The lowest BCUT2D eigenvalue weighted by molar-refractivity contribution is -0.132. The quantitative estimate of drug-likeness (QED) is 0.814. The number of aromatic nitrogens is 1. The molecular formula is C18H16N2O5S. The maximum Gasteiger partial charge on any atom is 0.335 e. The molecule has 0 unspecified atom stereocenters. The predicted molar refractivity (Wildman–Crippen MR) is 93.2 cm³/mol. The summed E-state index contributed by atoms with van der Waals surface area (Å²) in [6, 6.07) is 4.58. The van der Waals surface area contributed by atoms with Gasteiger partial charge in [0.2, 0.25) is 11.8 Å². The van der Waals surface area contributed by atoms with Crippen molar-refractivity contribution in [1.29, 1.82) is 0 Å². The minimum Gasteiger partial charge on any atom is -0.478 e. The number of amides is 2. The largest absolute Gasteiger partial charge is 0.478 e. The molecule has 0 saturated carbocycles. The number of carbonyl (C=O) groups is 3. The number of anilines is 1. The van der Waals surface area contributed by atoms with E-state index in [-0.39, 0.29) is 29.6 Å². The molecule has 8 heteroatoms. The Kier molecular flexibility index (Phi) is 2.87. The number of aromatic carboxylic acids is 1. The number of imide groups is 1. The van der Waals surface area contributed by atoms with Crippen molar-refractivity contribution in [3.8, 4) is 0 Å². The number of ether oxygens (including phenoxy) is 1. The summed E-state index contributed by atoms with van der Waals surface area (Å²) in [4.78, 5) is 43.3. The highest BCUT2D eigenvalue weighted by atomic mass is 32.1. The van der Waals surface area contributed by atoms with Crippen LogP contribution in [0.1, 0.15) is 37.0 Å². The molecule has 5 rings (SSSR count). The van der Waals surface area contributed by atoms with Crippen molar-refractivity contribution in [2.24, 2.45) is 10.8 Å². The number of rotatable bonds is 2. The first-order valence-electron chi connectivity index (χ1n) is 8.47. The normalized spacial score (nSPS) is 35.5. The van der Waals surface area contributed by atoms with E-state index in [1.54, 1.807) is 6.07 Å². The van der Waals surface area contributed by atoms with E-state index >= 15 is 0 Å². The van der Waals surface area contributed by atoms with Crippen molar-refractivity contribution in [3.05, 3.63) is 23.8 Å². The number of carboxylic acid groups (broad SMARTS) is 1. The van der Waals surface area contributed by atoms with Crippen molar-refractivity contribution < 1.29 is 24.2 Å². The molecule has 7 nitrogen and oxygen atoms in total. The van der Waals surface area contributed by atoms with Crippen LogP contribution in [0.5, 0.6) is 0 Å². The SMILES string of the molecule is C[C@@]12C(=O)N(c3nc4ccc(C(=O)O)cc4s3)C(=O)[C@]1(C)[C@H]1CC[C@@H]2O1. The predicted octanol–water partition coefficient (Wildman–Crippen LogP) is 2.44. The molecule has 2 amide bonds. The van der Waals surface area contributed by atoms with E-state index in [0.29, 0.717) is 15.3 Å². The number of nitrogens with zero attached hydrogens (tertiary/aromatic N) is 2. The van der Waals surface area contributed by atoms with Gasteiger partial charge in [0.1, 0.15) is 0 Å². The van der Waals surface area contributed by atoms with Crippen LogP contribution >= 0.6 is 11.3 Å². The van der Waals surface area contributed by atoms with Crippen molar-refractivity contribution in [2.75, 3.05) is 4.90 Å². The molecule has 3 fully saturated rings. The van der Waals surface area contributed by atoms with E-state index < -0.39 is 16.8 Å². The minimum absolute atomic E-state index is 0.147. The lowest BCUT2D eigenvalue weighted by Crippen LogP contribution is -2.48. The molecule has 1 N–H and O–H groups in total. The standard InChI is InChI=1S/C18H16N2O5S/c1-17-11-5-6-12(25-11)18(17,2)15(24)20(14(17)23)16-19-9-4-3-8(13(21)22)7-10(9)26-16/h3-4,7,11-12H,5-6H2,1-2H3,(H,21,22)/t11-,12+,17+,18-. The van der Waals surface area contributed by atoms with Crippen LogP contribution in [0.4, 0.5) is 5.13 Å². The number of hydrogen-bond acceptors (Lipinski definition) is 6. The Balaban J connectivity index is 1.63. The fourth-order valence-electron chi connectivity index (χ4n) is 4.75. The van der Waals surface area contributed by atoms with Gasteiger partial charge in [-0.2, -0.15) is 0 Å². The van der Waals surface area contributed by atoms with Gasteiger partial charge in [-0.15, -0.1) is 0 Å². The summed E-state index contributed by atoms with van der Waals surface area (Å²) in [5, 5.41) is 9.44. The maximum atomic E-state index is 13.3. The average Bonchev–Trinajstić information content (AvgIpc) is 3.32. The third-order valence-corrected chi connectivity index (χ3v) is 7.50. The van der Waals surface area contributed by atoms with Crippen molar-refractivity contribution >= 4 is 44.5 Å². The van der Waals surface area contributed by atoms with Crippen LogP contribution in [0.15, 0.2) is 18.2 Å². The van der Waals surface area contributed by atoms with Gasteiger partial charge in [-0.25, -0.2) is 14.7 Å². The first kappa shape index (κ1) is 15.9. The summed E-state index contributed by atoms with van der Waals surface area (Å²) < 4.78 is 6.55. The number of fused-ring (bicyclic) bond motifs is 6. The zero-order valence-corrected chi connectivity index (χ0v) is 15.0. The molecule has 0 aliphatic carbocycles. The molecular weight excluding hydrogens is 356 g/mol. The lowest BCUT2D eigenvalue weighted by atomic mass is 9.59. The highest BCUT2D eigenvalue weighted by molar-refractivity contribution is 7.22. The summed E-state index contributed by atoms with van der Waals surface area (Å²) in [5.41, 5.74) is -1.04. The zero-order chi connectivity index (χ0) is 18.4. The molecule has 3 aliphatic rings. The average molecular weight is 372 g/mol. The van der Waals surface area contributed by atoms with Gasteiger partial charge < -0.3 is 9.84 Å². The zero-order valence-electron chi connectivity index (χ0n) is 14.2. The second kappa shape index (κ2) is 4.69. The summed E-state index contributed by atoms with van der Waals surface area (Å²) in [5.74, 6) is -1.57. The van der Waals surface area contributed by atoms with Gasteiger partial charge in [-0.05, 0) is 44.9 Å². The van der Waals surface area contributed by atoms with Crippen LogP contribution in [0.25, 0.3) is 10.2 Å². The van der Waals surface area contributed by atoms with E-state index in [4.69, 9.17) is 9.84 Å². The fraction of sp³-hybridized carbons (Fsp3) is 0.444. The van der Waals surface area contributed by atoms with E-state index in [1.165, 1.54) is 17.0 Å². The Bertz CT molecular complexity index is 982. The third kappa shape index (κ3) is 1.58. The summed E-state index contributed by atoms with van der Waals surface area (Å²) in [6.45, 7) is 3.65. The number of carbonyl (C=O) groups excluding carboxylic acids is 2. The Morgan fingerprint density at radius 1 is 1.23 bits per heavy atom. The molecule has 4 atom stereocenters.